The van der Waals surface area contributed by atoms with Crippen LogP contribution in [0, 0.1) is 16.7 Å². The number of urea groups is 1. The van der Waals surface area contributed by atoms with Crippen molar-refractivity contribution in [1.29, 1.82) is 10.8 Å². The average Bonchev–Trinajstić information content (AvgIpc) is 3.39. The van der Waals surface area contributed by atoms with Gasteiger partial charge < -0.3 is 15.2 Å². The fourth-order valence-electron chi connectivity index (χ4n) is 5.18. The second-order valence-corrected chi connectivity index (χ2v) is 12.2. The standard InChI is InChI=1S/C33H39N7O3/c1-20(2)31(35)39-19-23(13-16-29(39)34)43-27-15-14-26(24-11-6-7-12-25(24)27)36-32(42)37-30-18-28(33(3,4)5)38-40(30)21-9-8-10-22(41)17-21/h6-13,16-20,26-27,34-35,41H,14-15H2,1-5H3,(H2,36,37,42)/t26-,27+/m0/s1. The van der Waals surface area contributed by atoms with Crippen LogP contribution in [0.25, 0.3) is 5.69 Å². The second kappa shape index (κ2) is 11.8. The minimum Gasteiger partial charge on any atom is -0.508 e. The maximum atomic E-state index is 13.4. The van der Waals surface area contributed by atoms with Crippen molar-refractivity contribution < 1.29 is 14.6 Å². The monoisotopic (exact) mass is 581 g/mol. The van der Waals surface area contributed by atoms with Gasteiger partial charge in [-0.1, -0.05) is 65.0 Å². The summed E-state index contributed by atoms with van der Waals surface area (Å²) in [5.41, 5.74) is 3.38. The van der Waals surface area contributed by atoms with Crippen molar-refractivity contribution in [3.8, 4) is 17.2 Å². The van der Waals surface area contributed by atoms with E-state index in [1.165, 1.54) is 4.57 Å². The SMILES string of the molecule is CC(C)C(=N)n1cc(O[C@@H]2CC[C@H](NC(=O)Nc3cc(C(C)(C)C)nn3-c3cccc(O)c3)c3ccccc32)ccc1=N. The number of nitrogens with one attached hydrogen (secondary N) is 4. The van der Waals surface area contributed by atoms with Gasteiger partial charge in [0, 0.05) is 23.5 Å². The van der Waals surface area contributed by atoms with Crippen molar-refractivity contribution in [1.82, 2.24) is 19.7 Å². The molecule has 4 aromatic rings. The van der Waals surface area contributed by atoms with Crippen molar-refractivity contribution in [2.24, 2.45) is 5.92 Å². The van der Waals surface area contributed by atoms with Gasteiger partial charge in [0.25, 0.3) is 0 Å². The molecule has 224 valence electrons. The number of pyridine rings is 1. The highest BCUT2D eigenvalue weighted by Crippen LogP contribution is 2.39. The summed E-state index contributed by atoms with van der Waals surface area (Å²) in [7, 11) is 0. The molecular weight excluding hydrogens is 542 g/mol. The molecule has 2 aromatic carbocycles. The van der Waals surface area contributed by atoms with E-state index in [1.807, 2.05) is 50.2 Å². The number of aromatic nitrogens is 3. The lowest BCUT2D eigenvalue weighted by Gasteiger charge is -2.32. The Bertz CT molecular complexity index is 1710. The van der Waals surface area contributed by atoms with E-state index in [4.69, 9.17) is 20.7 Å². The molecule has 0 saturated heterocycles. The molecule has 2 heterocycles. The van der Waals surface area contributed by atoms with Crippen LogP contribution < -0.4 is 20.9 Å². The van der Waals surface area contributed by atoms with Crippen LogP contribution in [0.4, 0.5) is 10.6 Å². The number of benzene rings is 2. The normalized spacial score (nSPS) is 16.4. The molecule has 0 bridgehead atoms. The number of amides is 2. The van der Waals surface area contributed by atoms with Crippen LogP contribution in [0.5, 0.6) is 11.5 Å². The van der Waals surface area contributed by atoms with Crippen molar-refractivity contribution in [3.63, 3.8) is 0 Å². The van der Waals surface area contributed by atoms with E-state index in [-0.39, 0.29) is 40.7 Å². The maximum absolute atomic E-state index is 13.4. The Morgan fingerprint density at radius 2 is 1.79 bits per heavy atom. The number of aromatic hydroxyl groups is 1. The molecule has 0 fully saturated rings. The van der Waals surface area contributed by atoms with E-state index in [1.54, 1.807) is 41.2 Å². The van der Waals surface area contributed by atoms with Gasteiger partial charge in [-0.25, -0.2) is 9.48 Å². The fourth-order valence-corrected chi connectivity index (χ4v) is 5.18. The van der Waals surface area contributed by atoms with E-state index in [2.05, 4.69) is 31.4 Å². The van der Waals surface area contributed by atoms with E-state index >= 15 is 0 Å². The van der Waals surface area contributed by atoms with E-state index in [9.17, 15) is 9.90 Å². The third kappa shape index (κ3) is 6.48. The van der Waals surface area contributed by atoms with Gasteiger partial charge in [-0.2, -0.15) is 5.10 Å². The van der Waals surface area contributed by atoms with Crippen LogP contribution >= 0.6 is 0 Å². The third-order valence-electron chi connectivity index (χ3n) is 7.54. The molecule has 1 aliphatic rings. The first-order valence-corrected chi connectivity index (χ1v) is 14.5. The van der Waals surface area contributed by atoms with Crippen molar-refractivity contribution in [3.05, 3.63) is 95.2 Å². The molecule has 0 radical (unpaired) electrons. The van der Waals surface area contributed by atoms with E-state index in [0.717, 1.165) is 16.8 Å². The van der Waals surface area contributed by atoms with Gasteiger partial charge in [-0.3, -0.25) is 20.7 Å². The zero-order valence-electron chi connectivity index (χ0n) is 25.2. The van der Waals surface area contributed by atoms with Gasteiger partial charge in [0.15, 0.2) is 0 Å². The van der Waals surface area contributed by atoms with Gasteiger partial charge >= 0.3 is 6.03 Å². The number of ether oxygens (including phenoxy) is 1. The molecular formula is C33H39N7O3. The first kappa shape index (κ1) is 29.6. The van der Waals surface area contributed by atoms with Crippen LogP contribution in [0.2, 0.25) is 0 Å². The highest BCUT2D eigenvalue weighted by Gasteiger charge is 2.30. The Labute approximate surface area is 251 Å². The molecule has 10 heteroatoms. The Morgan fingerprint density at radius 3 is 2.49 bits per heavy atom. The molecule has 2 aromatic heterocycles. The van der Waals surface area contributed by atoms with Gasteiger partial charge in [0.05, 0.1) is 23.6 Å². The number of phenolic OH excluding ortho intramolecular Hbond substituents is 1. The van der Waals surface area contributed by atoms with Crippen LogP contribution in [0.1, 0.15) is 76.4 Å². The number of hydrogen-bond donors (Lipinski definition) is 5. The maximum Gasteiger partial charge on any atom is 0.320 e. The van der Waals surface area contributed by atoms with Crippen molar-refractivity contribution in [2.75, 3.05) is 5.32 Å². The summed E-state index contributed by atoms with van der Waals surface area (Å²) in [6.45, 7) is 10.0. The molecule has 43 heavy (non-hydrogen) atoms. The van der Waals surface area contributed by atoms with Gasteiger partial charge in [0.1, 0.15) is 34.7 Å². The summed E-state index contributed by atoms with van der Waals surface area (Å²) in [5.74, 6) is 1.49. The van der Waals surface area contributed by atoms with Crippen LogP contribution in [0.15, 0.2) is 72.9 Å². The first-order chi connectivity index (χ1) is 20.4. The van der Waals surface area contributed by atoms with Crippen LogP contribution in [0.3, 0.4) is 0 Å². The Hall–Kier alpha value is -4.86. The summed E-state index contributed by atoms with van der Waals surface area (Å²) in [6.07, 6.45) is 2.79. The molecule has 0 spiro atoms. The predicted molar refractivity (Wildman–Crippen MR) is 166 cm³/mol. The lowest BCUT2D eigenvalue weighted by atomic mass is 9.85. The predicted octanol–water partition coefficient (Wildman–Crippen LogP) is 6.41. The first-order valence-electron chi connectivity index (χ1n) is 14.5. The molecule has 2 amide bonds. The summed E-state index contributed by atoms with van der Waals surface area (Å²) >= 11 is 0. The van der Waals surface area contributed by atoms with Gasteiger partial charge in [-0.05, 0) is 48.2 Å². The molecule has 2 atom stereocenters. The minimum absolute atomic E-state index is 0.0312. The molecule has 0 unspecified atom stereocenters. The number of carbonyl (C=O) groups is 1. The van der Waals surface area contributed by atoms with Crippen molar-refractivity contribution in [2.45, 2.75) is 65.0 Å². The third-order valence-corrected chi connectivity index (χ3v) is 7.54. The molecule has 0 saturated carbocycles. The lowest BCUT2D eigenvalue weighted by Crippen LogP contribution is -2.36. The molecule has 0 aliphatic heterocycles. The topological polar surface area (TPSA) is 141 Å². The van der Waals surface area contributed by atoms with Crippen molar-refractivity contribution >= 4 is 17.7 Å². The Balaban J connectivity index is 1.35. The van der Waals surface area contributed by atoms with Crippen LogP contribution in [-0.2, 0) is 5.41 Å². The Kier molecular flexibility index (Phi) is 8.12. The zero-order valence-corrected chi connectivity index (χ0v) is 25.2. The molecule has 10 nitrogen and oxygen atoms in total. The number of rotatable bonds is 6. The fraction of sp³-hybridized carbons (Fsp3) is 0.333. The summed E-state index contributed by atoms with van der Waals surface area (Å²) < 4.78 is 9.57. The zero-order chi connectivity index (χ0) is 30.9. The molecule has 1 aliphatic carbocycles. The number of nitrogens with zero attached hydrogens (tertiary/aromatic N) is 3. The quantitative estimate of drug-likeness (QED) is 0.132. The lowest BCUT2D eigenvalue weighted by molar-refractivity contribution is 0.171. The van der Waals surface area contributed by atoms with Gasteiger partial charge in [0.2, 0.25) is 0 Å². The number of anilines is 1. The number of phenols is 1. The summed E-state index contributed by atoms with van der Waals surface area (Å²) in [4.78, 5) is 13.4. The average molecular weight is 582 g/mol. The highest BCUT2D eigenvalue weighted by molar-refractivity contribution is 5.89. The van der Waals surface area contributed by atoms with E-state index < -0.39 is 0 Å². The number of carbonyl (C=O) groups excluding carboxylic acids is 1. The molecule has 5 N–H and O–H groups in total. The molecule has 5 rings (SSSR count). The largest absolute Gasteiger partial charge is 0.508 e. The van der Waals surface area contributed by atoms with E-state index in [0.29, 0.717) is 35.9 Å². The summed E-state index contributed by atoms with van der Waals surface area (Å²) in [5, 5.41) is 37.5. The number of hydrogen-bond acceptors (Lipinski definition) is 6. The Morgan fingerprint density at radius 1 is 1.05 bits per heavy atom. The second-order valence-electron chi connectivity index (χ2n) is 12.2. The van der Waals surface area contributed by atoms with Gasteiger partial charge in [-0.15, -0.1) is 0 Å². The summed E-state index contributed by atoms with van der Waals surface area (Å²) in [6, 6.07) is 19.3. The van der Waals surface area contributed by atoms with Crippen LogP contribution in [-0.4, -0.2) is 31.3 Å². The smallest absolute Gasteiger partial charge is 0.320 e. The highest BCUT2D eigenvalue weighted by atomic mass is 16.5. The number of fused-ring (bicyclic) bond motifs is 1. The minimum atomic E-state index is -0.361.